The summed E-state index contributed by atoms with van der Waals surface area (Å²) in [5.41, 5.74) is 11.9. The molecule has 8 heteroatoms. The Morgan fingerprint density at radius 1 is 1.27 bits per heavy atom. The van der Waals surface area contributed by atoms with Gasteiger partial charge in [-0.15, -0.1) is 0 Å². The lowest BCUT2D eigenvalue weighted by Crippen LogP contribution is -2.19. The number of hydrogen-bond donors (Lipinski definition) is 2. The second-order valence-corrected chi connectivity index (χ2v) is 4.75. The second kappa shape index (κ2) is 7.38. The molecule has 116 valence electrons. The summed E-state index contributed by atoms with van der Waals surface area (Å²) in [6, 6.07) is 3.98. The molecule has 3 heterocycles. The van der Waals surface area contributed by atoms with E-state index in [1.165, 1.54) is 19.9 Å². The van der Waals surface area contributed by atoms with Crippen molar-refractivity contribution < 1.29 is 0 Å². The minimum Gasteiger partial charge on any atom is -0.368 e. The Labute approximate surface area is 129 Å². The van der Waals surface area contributed by atoms with Crippen LogP contribution in [0.3, 0.4) is 0 Å². The summed E-state index contributed by atoms with van der Waals surface area (Å²) < 4.78 is 1.57. The summed E-state index contributed by atoms with van der Waals surface area (Å²) in [6.07, 6.45) is 5.84. The number of aromatic nitrogens is 4. The maximum atomic E-state index is 8.67. The van der Waals surface area contributed by atoms with Gasteiger partial charge < -0.3 is 16.4 Å². The Balaban J connectivity index is 0.000000847. The van der Waals surface area contributed by atoms with Crippen LogP contribution in [-0.2, 0) is 6.54 Å². The van der Waals surface area contributed by atoms with E-state index in [2.05, 4.69) is 31.8 Å². The maximum absolute atomic E-state index is 8.67. The van der Waals surface area contributed by atoms with Crippen molar-refractivity contribution in [2.75, 3.05) is 30.8 Å². The number of nitrogens with two attached hydrogens (primary N) is 2. The standard InChI is InChI=1S/C13H15N7.CH5N/c14-3-6-20-9-10(8-16-20)11-7-12(18-13(15)17-11)19-4-1-2-5-19;1-2/h7-9H,1-2,4-6H2,(H2,15,17,18);2H2,1H3. The van der Waals surface area contributed by atoms with Crippen molar-refractivity contribution in [2.45, 2.75) is 19.4 Å². The average molecular weight is 300 g/mol. The normalized spacial score (nSPS) is 13.4. The van der Waals surface area contributed by atoms with E-state index in [1.54, 1.807) is 17.1 Å². The fourth-order valence-electron chi connectivity index (χ4n) is 2.36. The van der Waals surface area contributed by atoms with Crippen LogP contribution in [0.2, 0.25) is 0 Å². The third-order valence-electron chi connectivity index (χ3n) is 3.32. The number of nitrogen functional groups attached to an aromatic ring is 1. The predicted octanol–water partition coefficient (Wildman–Crippen LogP) is 0.621. The highest BCUT2D eigenvalue weighted by molar-refractivity contribution is 5.63. The third kappa shape index (κ3) is 3.51. The van der Waals surface area contributed by atoms with Crippen LogP contribution in [0.1, 0.15) is 12.8 Å². The van der Waals surface area contributed by atoms with Crippen LogP contribution in [0.5, 0.6) is 0 Å². The lowest BCUT2D eigenvalue weighted by Gasteiger charge is -2.16. The van der Waals surface area contributed by atoms with Crippen LogP contribution in [0.4, 0.5) is 11.8 Å². The van der Waals surface area contributed by atoms with Crippen LogP contribution in [0.15, 0.2) is 18.5 Å². The van der Waals surface area contributed by atoms with Crippen LogP contribution in [0, 0.1) is 11.3 Å². The van der Waals surface area contributed by atoms with E-state index < -0.39 is 0 Å². The predicted molar refractivity (Wildman–Crippen MR) is 84.8 cm³/mol. The average Bonchev–Trinajstić information content (AvgIpc) is 3.21. The number of nitriles is 1. The summed E-state index contributed by atoms with van der Waals surface area (Å²) in [4.78, 5) is 10.8. The van der Waals surface area contributed by atoms with Gasteiger partial charge in [0, 0.05) is 30.9 Å². The third-order valence-corrected chi connectivity index (χ3v) is 3.32. The number of rotatable bonds is 3. The quantitative estimate of drug-likeness (QED) is 0.851. The van der Waals surface area contributed by atoms with Crippen molar-refractivity contribution in [3.63, 3.8) is 0 Å². The molecule has 4 N–H and O–H groups in total. The molecule has 1 fully saturated rings. The molecular weight excluding hydrogens is 280 g/mol. The summed E-state index contributed by atoms with van der Waals surface area (Å²) in [5.74, 6) is 1.12. The molecule has 0 aliphatic carbocycles. The van der Waals surface area contributed by atoms with Gasteiger partial charge in [-0.2, -0.15) is 15.3 Å². The summed E-state index contributed by atoms with van der Waals surface area (Å²) in [5, 5.41) is 12.8. The number of hydrogen-bond acceptors (Lipinski definition) is 7. The molecule has 0 saturated carbocycles. The highest BCUT2D eigenvalue weighted by Crippen LogP contribution is 2.24. The van der Waals surface area contributed by atoms with E-state index >= 15 is 0 Å². The summed E-state index contributed by atoms with van der Waals surface area (Å²) in [7, 11) is 1.50. The largest absolute Gasteiger partial charge is 0.368 e. The van der Waals surface area contributed by atoms with Crippen molar-refractivity contribution in [2.24, 2.45) is 5.73 Å². The van der Waals surface area contributed by atoms with Crippen LogP contribution in [-0.4, -0.2) is 39.9 Å². The lowest BCUT2D eigenvalue weighted by molar-refractivity contribution is 0.710. The fourth-order valence-corrected chi connectivity index (χ4v) is 2.36. The van der Waals surface area contributed by atoms with E-state index in [4.69, 9.17) is 11.0 Å². The van der Waals surface area contributed by atoms with Crippen molar-refractivity contribution >= 4 is 11.8 Å². The van der Waals surface area contributed by atoms with E-state index in [1.807, 2.05) is 6.07 Å². The molecule has 0 bridgehead atoms. The van der Waals surface area contributed by atoms with Gasteiger partial charge in [0.1, 0.15) is 12.4 Å². The number of nitrogens with zero attached hydrogens (tertiary/aromatic N) is 6. The molecule has 8 nitrogen and oxygen atoms in total. The molecule has 0 atom stereocenters. The van der Waals surface area contributed by atoms with E-state index in [-0.39, 0.29) is 12.5 Å². The van der Waals surface area contributed by atoms with Crippen molar-refractivity contribution in [1.82, 2.24) is 19.7 Å². The molecule has 0 spiro atoms. The Kier molecular flexibility index (Phi) is 5.27. The van der Waals surface area contributed by atoms with Gasteiger partial charge in [0.25, 0.3) is 0 Å². The fraction of sp³-hybridized carbons (Fsp3) is 0.429. The molecule has 0 unspecified atom stereocenters. The molecule has 0 amide bonds. The molecule has 1 aliphatic heterocycles. The lowest BCUT2D eigenvalue weighted by atomic mass is 10.2. The van der Waals surface area contributed by atoms with Crippen molar-refractivity contribution in [3.8, 4) is 17.3 Å². The molecule has 0 aromatic carbocycles. The van der Waals surface area contributed by atoms with Gasteiger partial charge in [-0.25, -0.2) is 4.98 Å². The Morgan fingerprint density at radius 3 is 2.68 bits per heavy atom. The molecule has 2 aromatic heterocycles. The minimum absolute atomic E-state index is 0.222. The highest BCUT2D eigenvalue weighted by atomic mass is 15.3. The highest BCUT2D eigenvalue weighted by Gasteiger charge is 2.16. The zero-order valence-corrected chi connectivity index (χ0v) is 12.6. The Hall–Kier alpha value is -2.66. The molecule has 2 aromatic rings. The molecular formula is C14H20N8. The zero-order chi connectivity index (χ0) is 15.9. The smallest absolute Gasteiger partial charge is 0.222 e. The molecule has 3 rings (SSSR count). The first kappa shape index (κ1) is 15.7. The Morgan fingerprint density at radius 2 is 2.00 bits per heavy atom. The first-order chi connectivity index (χ1) is 10.8. The van der Waals surface area contributed by atoms with Crippen molar-refractivity contribution in [1.29, 1.82) is 5.26 Å². The summed E-state index contributed by atoms with van der Waals surface area (Å²) in [6.45, 7) is 2.23. The molecule has 1 aliphatic rings. The van der Waals surface area contributed by atoms with Crippen molar-refractivity contribution in [3.05, 3.63) is 18.5 Å². The van der Waals surface area contributed by atoms with Gasteiger partial charge in [0.2, 0.25) is 5.95 Å². The SMILES string of the molecule is CN.N#CCn1cc(-c2cc(N3CCCC3)nc(N)n2)cn1. The van der Waals surface area contributed by atoms with Gasteiger partial charge in [-0.1, -0.05) is 0 Å². The molecule has 22 heavy (non-hydrogen) atoms. The van der Waals surface area contributed by atoms with Crippen LogP contribution >= 0.6 is 0 Å². The Bertz CT molecular complexity index is 651. The first-order valence-electron chi connectivity index (χ1n) is 7.13. The van der Waals surface area contributed by atoms with Gasteiger partial charge >= 0.3 is 0 Å². The second-order valence-electron chi connectivity index (χ2n) is 4.75. The van der Waals surface area contributed by atoms with Crippen LogP contribution in [0.25, 0.3) is 11.3 Å². The van der Waals surface area contributed by atoms with Gasteiger partial charge in [0.15, 0.2) is 0 Å². The summed E-state index contributed by atoms with van der Waals surface area (Å²) >= 11 is 0. The monoisotopic (exact) mass is 300 g/mol. The minimum atomic E-state index is 0.222. The van der Waals surface area contributed by atoms with Crippen LogP contribution < -0.4 is 16.4 Å². The zero-order valence-electron chi connectivity index (χ0n) is 12.6. The van der Waals surface area contributed by atoms with Gasteiger partial charge in [0.05, 0.1) is 18.0 Å². The number of anilines is 2. The van der Waals surface area contributed by atoms with Gasteiger partial charge in [-0.05, 0) is 19.9 Å². The van der Waals surface area contributed by atoms with E-state index in [0.717, 1.165) is 30.2 Å². The van der Waals surface area contributed by atoms with E-state index in [9.17, 15) is 0 Å². The maximum Gasteiger partial charge on any atom is 0.222 e. The first-order valence-corrected chi connectivity index (χ1v) is 7.13. The molecule has 0 radical (unpaired) electrons. The van der Waals surface area contributed by atoms with E-state index in [0.29, 0.717) is 0 Å². The topological polar surface area (TPSA) is 123 Å². The van der Waals surface area contributed by atoms with Gasteiger partial charge in [-0.3, -0.25) is 4.68 Å². The molecule has 1 saturated heterocycles.